The smallest absolute Gasteiger partial charge is 0.242 e. The van der Waals surface area contributed by atoms with Crippen molar-refractivity contribution < 1.29 is 9.59 Å². The number of aromatic nitrogens is 4. The lowest BCUT2D eigenvalue weighted by Crippen LogP contribution is -2.26. The average molecular weight is 543 g/mol. The molecule has 2 saturated carbocycles. The quantitative estimate of drug-likeness (QED) is 0.309. The van der Waals surface area contributed by atoms with Gasteiger partial charge < -0.3 is 15.0 Å². The van der Waals surface area contributed by atoms with E-state index in [-0.39, 0.29) is 23.7 Å². The highest BCUT2D eigenvalue weighted by Gasteiger charge is 2.44. The van der Waals surface area contributed by atoms with E-state index in [4.69, 9.17) is 16.6 Å². The number of hydrogen-bond acceptors (Lipinski definition) is 7. The molecule has 4 aromatic rings. The summed E-state index contributed by atoms with van der Waals surface area (Å²) >= 11 is 6.10. The predicted molar refractivity (Wildman–Crippen MR) is 148 cm³/mol. The first-order chi connectivity index (χ1) is 19.0. The number of rotatable bonds is 8. The summed E-state index contributed by atoms with van der Waals surface area (Å²) in [4.78, 5) is 40.4. The van der Waals surface area contributed by atoms with E-state index in [9.17, 15) is 9.59 Å². The van der Waals surface area contributed by atoms with Crippen molar-refractivity contribution in [2.24, 2.45) is 5.92 Å². The first-order valence-corrected chi connectivity index (χ1v) is 13.5. The molecule has 3 N–H and O–H groups in total. The third kappa shape index (κ3) is 4.93. The number of benzene rings is 1. The summed E-state index contributed by atoms with van der Waals surface area (Å²) in [7, 11) is 0. The van der Waals surface area contributed by atoms with E-state index in [1.165, 1.54) is 24.7 Å². The second-order valence-corrected chi connectivity index (χ2v) is 10.9. The average Bonchev–Trinajstić information content (AvgIpc) is 3.85. The van der Waals surface area contributed by atoms with Crippen molar-refractivity contribution in [1.82, 2.24) is 24.7 Å². The maximum atomic E-state index is 12.8. The van der Waals surface area contributed by atoms with Crippen LogP contribution in [0.4, 0.5) is 17.3 Å². The van der Waals surface area contributed by atoms with Crippen LogP contribution in [-0.2, 0) is 16.1 Å². The number of anilines is 3. The van der Waals surface area contributed by atoms with Crippen molar-refractivity contribution in [1.29, 1.82) is 0 Å². The van der Waals surface area contributed by atoms with Gasteiger partial charge in [0.2, 0.25) is 11.8 Å². The first-order valence-electron chi connectivity index (χ1n) is 13.2. The number of carbonyl (C=O) groups excluding carboxylic acids is 2. The Bertz CT molecular complexity index is 1600. The second kappa shape index (κ2) is 9.62. The molecule has 0 spiro atoms. The molecule has 0 bridgehead atoms. The summed E-state index contributed by atoms with van der Waals surface area (Å²) in [6, 6.07) is 11.5. The number of pyridine rings is 1. The zero-order valence-corrected chi connectivity index (χ0v) is 21.9. The Morgan fingerprint density at radius 3 is 2.77 bits per heavy atom. The van der Waals surface area contributed by atoms with Crippen LogP contribution in [0.25, 0.3) is 5.65 Å². The maximum absolute atomic E-state index is 12.8. The number of nitrogens with zero attached hydrogens (tertiary/aromatic N) is 5. The Morgan fingerprint density at radius 1 is 1.10 bits per heavy atom. The minimum absolute atomic E-state index is 0.0492. The number of halogens is 1. The highest BCUT2D eigenvalue weighted by molar-refractivity contribution is 6.30. The summed E-state index contributed by atoms with van der Waals surface area (Å²) in [5, 5.41) is 10.0. The standard InChI is InChI=1S/C28H27ClN8O2/c29-19-3-1-2-17(6-19)21-8-22(21)28(39)35-25-9-24(32-14-33-25)31-10-20-13-36-12-18(16-4-5-16)7-23(27(36)34-20)37-15-30-11-26(37)38/h1-3,6-7,9,12-14,16,21-22,30H,4-5,8,10-11,15H2,(H2,31,32,33,35,39)/t21-,22+/m1/s1. The molecule has 3 aromatic heterocycles. The topological polar surface area (TPSA) is 117 Å². The molecule has 2 aliphatic carbocycles. The number of amides is 2. The van der Waals surface area contributed by atoms with E-state index < -0.39 is 0 Å². The van der Waals surface area contributed by atoms with Crippen LogP contribution in [0.2, 0.25) is 5.02 Å². The fourth-order valence-electron chi connectivity index (χ4n) is 5.27. The summed E-state index contributed by atoms with van der Waals surface area (Å²) in [5.74, 6) is 1.64. The van der Waals surface area contributed by atoms with Crippen LogP contribution in [0.5, 0.6) is 0 Å². The zero-order valence-electron chi connectivity index (χ0n) is 21.1. The van der Waals surface area contributed by atoms with Crippen molar-refractivity contribution in [3.05, 3.63) is 77.0 Å². The molecule has 7 rings (SSSR count). The fourth-order valence-corrected chi connectivity index (χ4v) is 5.47. The van der Waals surface area contributed by atoms with Crippen LogP contribution in [0.15, 0.2) is 55.1 Å². The summed E-state index contributed by atoms with van der Waals surface area (Å²) in [5.41, 5.74) is 4.72. The van der Waals surface area contributed by atoms with Gasteiger partial charge in [-0.15, -0.1) is 0 Å². The van der Waals surface area contributed by atoms with Gasteiger partial charge in [0.05, 0.1) is 31.1 Å². The Kier molecular flexibility index (Phi) is 5.93. The predicted octanol–water partition coefficient (Wildman–Crippen LogP) is 3.90. The zero-order chi connectivity index (χ0) is 26.5. The lowest BCUT2D eigenvalue weighted by molar-refractivity contribution is -0.117. The Labute approximate surface area is 229 Å². The second-order valence-electron chi connectivity index (χ2n) is 10.4. The van der Waals surface area contributed by atoms with E-state index in [1.807, 2.05) is 34.9 Å². The molecule has 4 heterocycles. The molecule has 198 valence electrons. The van der Waals surface area contributed by atoms with Gasteiger partial charge in [-0.2, -0.15) is 0 Å². The number of nitrogens with one attached hydrogen (secondary N) is 3. The van der Waals surface area contributed by atoms with Gasteiger partial charge >= 0.3 is 0 Å². The minimum atomic E-state index is -0.0970. The molecule has 3 aliphatic rings. The summed E-state index contributed by atoms with van der Waals surface area (Å²) < 4.78 is 2.02. The normalized spacial score (nSPS) is 20.4. The summed E-state index contributed by atoms with van der Waals surface area (Å²) in [6.07, 6.45) is 8.67. The molecule has 10 nitrogen and oxygen atoms in total. The van der Waals surface area contributed by atoms with Gasteiger partial charge in [0.25, 0.3) is 0 Å². The molecule has 0 unspecified atom stereocenters. The number of carbonyl (C=O) groups is 2. The lowest BCUT2D eigenvalue weighted by Gasteiger charge is -2.17. The van der Waals surface area contributed by atoms with Crippen molar-refractivity contribution >= 4 is 46.4 Å². The van der Waals surface area contributed by atoms with Gasteiger partial charge in [0, 0.05) is 29.4 Å². The van der Waals surface area contributed by atoms with Gasteiger partial charge in [-0.3, -0.25) is 19.8 Å². The lowest BCUT2D eigenvalue weighted by atomic mass is 10.1. The summed E-state index contributed by atoms with van der Waals surface area (Å²) in [6.45, 7) is 1.25. The molecule has 1 aromatic carbocycles. The van der Waals surface area contributed by atoms with Crippen LogP contribution in [0, 0.1) is 5.92 Å². The van der Waals surface area contributed by atoms with Crippen LogP contribution in [-0.4, -0.2) is 44.4 Å². The van der Waals surface area contributed by atoms with Crippen molar-refractivity contribution in [3.8, 4) is 0 Å². The molecule has 0 radical (unpaired) electrons. The van der Waals surface area contributed by atoms with Gasteiger partial charge in [-0.1, -0.05) is 23.7 Å². The number of fused-ring (bicyclic) bond motifs is 1. The third-order valence-corrected chi connectivity index (χ3v) is 7.80. The molecule has 3 fully saturated rings. The van der Waals surface area contributed by atoms with E-state index in [0.29, 0.717) is 42.3 Å². The van der Waals surface area contributed by atoms with E-state index in [2.05, 4.69) is 38.2 Å². The van der Waals surface area contributed by atoms with E-state index >= 15 is 0 Å². The van der Waals surface area contributed by atoms with E-state index in [1.54, 1.807) is 11.0 Å². The highest BCUT2D eigenvalue weighted by atomic mass is 35.5. The largest absolute Gasteiger partial charge is 0.364 e. The monoisotopic (exact) mass is 542 g/mol. The van der Waals surface area contributed by atoms with Gasteiger partial charge in [0.15, 0.2) is 5.65 Å². The molecular formula is C28H27ClN8O2. The number of hydrogen-bond donors (Lipinski definition) is 3. The molecule has 11 heteroatoms. The molecule has 2 atom stereocenters. The van der Waals surface area contributed by atoms with Gasteiger partial charge in [0.1, 0.15) is 18.0 Å². The van der Waals surface area contributed by atoms with Gasteiger partial charge in [-0.25, -0.2) is 15.0 Å². The van der Waals surface area contributed by atoms with Gasteiger partial charge in [-0.05, 0) is 60.4 Å². The van der Waals surface area contributed by atoms with Crippen LogP contribution < -0.4 is 20.9 Å². The maximum Gasteiger partial charge on any atom is 0.242 e. The minimum Gasteiger partial charge on any atom is -0.364 e. The molecule has 1 saturated heterocycles. The Hall–Kier alpha value is -4.02. The fraction of sp³-hybridized carbons (Fsp3) is 0.321. The number of imidazole rings is 1. The third-order valence-electron chi connectivity index (χ3n) is 7.56. The van der Waals surface area contributed by atoms with Crippen molar-refractivity contribution in [2.75, 3.05) is 28.7 Å². The first kappa shape index (κ1) is 24.1. The molecular weight excluding hydrogens is 516 g/mol. The Balaban J connectivity index is 1.04. The molecule has 2 amide bonds. The van der Waals surface area contributed by atoms with Crippen LogP contribution in [0.3, 0.4) is 0 Å². The molecule has 39 heavy (non-hydrogen) atoms. The van der Waals surface area contributed by atoms with Crippen LogP contribution >= 0.6 is 11.6 Å². The SMILES string of the molecule is O=C(Nc1cc(NCc2cn3cc(C4CC4)cc(N4CNCC4=O)c3n2)ncn1)[C@H]1C[C@@H]1c1cccc(Cl)c1. The Morgan fingerprint density at radius 2 is 1.97 bits per heavy atom. The van der Waals surface area contributed by atoms with Crippen molar-refractivity contribution in [3.63, 3.8) is 0 Å². The molecule has 1 aliphatic heterocycles. The van der Waals surface area contributed by atoms with E-state index in [0.717, 1.165) is 29.0 Å². The van der Waals surface area contributed by atoms with Crippen LogP contribution in [0.1, 0.15) is 47.9 Å². The highest BCUT2D eigenvalue weighted by Crippen LogP contribution is 2.48. The van der Waals surface area contributed by atoms with Crippen molar-refractivity contribution in [2.45, 2.75) is 37.6 Å².